The van der Waals surface area contributed by atoms with Crippen molar-refractivity contribution in [1.29, 1.82) is 0 Å². The maximum absolute atomic E-state index is 12.4. The molecular weight excluding hydrogens is 344 g/mol. The summed E-state index contributed by atoms with van der Waals surface area (Å²) in [4.78, 5) is 33.3. The van der Waals surface area contributed by atoms with E-state index in [1.807, 2.05) is 40.7 Å². The van der Waals surface area contributed by atoms with E-state index in [1.54, 1.807) is 0 Å². The van der Waals surface area contributed by atoms with Crippen molar-refractivity contribution in [3.63, 3.8) is 0 Å². The Balaban J connectivity index is 1.93. The maximum atomic E-state index is 12.4. The number of rotatable bonds is 3. The first-order valence-corrected chi connectivity index (χ1v) is 9.51. The summed E-state index contributed by atoms with van der Waals surface area (Å²) < 4.78 is 1.47. The second-order valence-electron chi connectivity index (χ2n) is 8.60. The number of hydrogen-bond acceptors (Lipinski definition) is 4. The number of carbonyl (C=O) groups excluding carboxylic acids is 2. The molecule has 2 heterocycles. The molecule has 8 nitrogen and oxygen atoms in total. The molecule has 0 aromatic carbocycles. The summed E-state index contributed by atoms with van der Waals surface area (Å²) in [5.41, 5.74) is 1.43. The van der Waals surface area contributed by atoms with Crippen molar-refractivity contribution in [1.82, 2.24) is 15.1 Å². The monoisotopic (exact) mass is 372 g/mol. The fourth-order valence-electron chi connectivity index (χ4n) is 3.10. The summed E-state index contributed by atoms with van der Waals surface area (Å²) in [6, 6.07) is 1.49. The van der Waals surface area contributed by atoms with Gasteiger partial charge in [0, 0.05) is 23.7 Å². The molecule has 8 heteroatoms. The minimum Gasteiger partial charge on any atom is -0.338 e. The predicted molar refractivity (Wildman–Crippen MR) is 105 cm³/mol. The van der Waals surface area contributed by atoms with Crippen molar-refractivity contribution in [2.75, 3.05) is 11.9 Å². The Kier molecular flexibility index (Phi) is 5.17. The Morgan fingerprint density at radius 2 is 2.07 bits per heavy atom. The van der Waals surface area contributed by atoms with Crippen molar-refractivity contribution in [3.05, 3.63) is 11.8 Å². The Hall–Kier alpha value is -2.51. The average Bonchev–Trinajstić information content (AvgIpc) is 3.19. The van der Waals surface area contributed by atoms with Crippen molar-refractivity contribution >= 4 is 29.4 Å². The van der Waals surface area contributed by atoms with Crippen molar-refractivity contribution in [3.8, 4) is 0 Å². The highest BCUT2D eigenvalue weighted by Crippen LogP contribution is 2.29. The zero-order chi connectivity index (χ0) is 19.8. The van der Waals surface area contributed by atoms with Gasteiger partial charge in [-0.2, -0.15) is 14.8 Å². The van der Waals surface area contributed by atoms with Gasteiger partial charge < -0.3 is 5.32 Å². The lowest BCUT2D eigenvalue weighted by Gasteiger charge is -2.16. The van der Waals surface area contributed by atoms with Crippen LogP contribution in [0.5, 0.6) is 0 Å². The fraction of sp³-hybridized carbons (Fsp3) is 0.632. The molecular formula is C19H28N6O2. The van der Waals surface area contributed by atoms with Crippen LogP contribution in [0.3, 0.4) is 0 Å². The summed E-state index contributed by atoms with van der Waals surface area (Å²) in [7, 11) is 0. The molecule has 0 saturated heterocycles. The molecule has 2 aliphatic rings. The largest absolute Gasteiger partial charge is 0.338 e. The number of amides is 3. The molecule has 3 rings (SSSR count). The molecule has 3 amide bonds. The number of urea groups is 1. The molecule has 1 aliphatic heterocycles. The molecule has 146 valence electrons. The molecule has 1 aromatic heterocycles. The highest BCUT2D eigenvalue weighted by molar-refractivity contribution is 6.17. The molecule has 27 heavy (non-hydrogen) atoms. The Morgan fingerprint density at radius 3 is 2.74 bits per heavy atom. The second-order valence-corrected chi connectivity index (χ2v) is 8.60. The lowest BCUT2D eigenvalue weighted by atomic mass is 9.92. The number of aromatic nitrogens is 2. The van der Waals surface area contributed by atoms with Crippen molar-refractivity contribution < 1.29 is 9.59 Å². The van der Waals surface area contributed by atoms with Gasteiger partial charge in [-0.25, -0.2) is 9.79 Å². The first-order valence-electron chi connectivity index (χ1n) is 9.51. The van der Waals surface area contributed by atoms with Crippen molar-refractivity contribution in [2.24, 2.45) is 21.8 Å². The van der Waals surface area contributed by atoms with Gasteiger partial charge in [-0.1, -0.05) is 34.6 Å². The van der Waals surface area contributed by atoms with Gasteiger partial charge in [0.1, 0.15) is 5.82 Å². The smallest absolute Gasteiger partial charge is 0.320 e. The number of carbonyl (C=O) groups is 2. The molecule has 0 radical (unpaired) electrons. The maximum Gasteiger partial charge on any atom is 0.320 e. The number of nitrogens with one attached hydrogen (secondary N) is 2. The quantitative estimate of drug-likeness (QED) is 0.853. The van der Waals surface area contributed by atoms with Gasteiger partial charge >= 0.3 is 6.03 Å². The van der Waals surface area contributed by atoms with Crippen LogP contribution in [-0.4, -0.2) is 39.9 Å². The van der Waals surface area contributed by atoms with Crippen LogP contribution < -0.4 is 10.6 Å². The molecule has 1 unspecified atom stereocenters. The van der Waals surface area contributed by atoms with E-state index >= 15 is 0 Å². The zero-order valence-corrected chi connectivity index (χ0v) is 16.7. The van der Waals surface area contributed by atoms with Crippen LogP contribution in [0.2, 0.25) is 0 Å². The average molecular weight is 372 g/mol. The lowest BCUT2D eigenvalue weighted by Crippen LogP contribution is -2.34. The van der Waals surface area contributed by atoms with E-state index in [1.165, 1.54) is 4.68 Å². The van der Waals surface area contributed by atoms with E-state index in [0.29, 0.717) is 18.3 Å². The van der Waals surface area contributed by atoms with E-state index in [2.05, 4.69) is 25.7 Å². The molecule has 0 spiro atoms. The van der Waals surface area contributed by atoms with E-state index < -0.39 is 0 Å². The number of anilines is 1. The number of fused-ring (bicyclic) bond motifs is 1. The normalized spacial score (nSPS) is 19.6. The van der Waals surface area contributed by atoms with Gasteiger partial charge in [0.25, 0.3) is 11.9 Å². The number of hydrogen-bond donors (Lipinski definition) is 2. The molecule has 2 N–H and O–H groups in total. The highest BCUT2D eigenvalue weighted by atomic mass is 16.2. The standard InChI is InChI=1S/C19H28N6O2/c1-11(2)10-20-18(27)22-15-9-14(19(3,4)5)24-25(15)17-21-13-8-6-7-12(13)16(26)23-17/h9,11-12H,6-8,10H2,1-5H3,(H2,20,22,27). The summed E-state index contributed by atoms with van der Waals surface area (Å²) in [5, 5.41) is 10.2. The van der Waals surface area contributed by atoms with E-state index in [9.17, 15) is 9.59 Å². The highest BCUT2D eigenvalue weighted by Gasteiger charge is 2.34. The van der Waals surface area contributed by atoms with Crippen LogP contribution in [0, 0.1) is 11.8 Å². The van der Waals surface area contributed by atoms with Gasteiger partial charge in [-0.3, -0.25) is 10.1 Å². The Bertz CT molecular complexity index is 813. The molecule has 1 atom stereocenters. The van der Waals surface area contributed by atoms with Crippen LogP contribution in [0.15, 0.2) is 16.1 Å². The third-order valence-electron chi connectivity index (χ3n) is 4.66. The van der Waals surface area contributed by atoms with Crippen LogP contribution in [0.1, 0.15) is 59.6 Å². The van der Waals surface area contributed by atoms with Crippen molar-refractivity contribution in [2.45, 2.75) is 59.3 Å². The van der Waals surface area contributed by atoms with Gasteiger partial charge in [0.05, 0.1) is 11.6 Å². The van der Waals surface area contributed by atoms with Crippen LogP contribution in [0.4, 0.5) is 10.6 Å². The van der Waals surface area contributed by atoms with Crippen LogP contribution in [-0.2, 0) is 10.2 Å². The van der Waals surface area contributed by atoms with Gasteiger partial charge in [-0.15, -0.1) is 0 Å². The molecule has 0 bridgehead atoms. The summed E-state index contributed by atoms with van der Waals surface area (Å²) in [6.45, 7) is 10.7. The predicted octanol–water partition coefficient (Wildman–Crippen LogP) is 2.94. The third kappa shape index (κ3) is 4.26. The summed E-state index contributed by atoms with van der Waals surface area (Å²) in [5.74, 6) is 0.667. The minimum absolute atomic E-state index is 0.171. The Morgan fingerprint density at radius 1 is 1.33 bits per heavy atom. The second kappa shape index (κ2) is 7.25. The first kappa shape index (κ1) is 19.3. The lowest BCUT2D eigenvalue weighted by molar-refractivity contribution is -0.119. The summed E-state index contributed by atoms with van der Waals surface area (Å²) in [6.07, 6.45) is 2.57. The zero-order valence-electron chi connectivity index (χ0n) is 16.7. The van der Waals surface area contributed by atoms with Gasteiger partial charge in [0.15, 0.2) is 0 Å². The SMILES string of the molecule is CC(C)CNC(=O)Nc1cc(C(C)(C)C)nn1C1=NC(=O)C2CCCC2=N1. The number of aliphatic imine (C=N–C) groups is 2. The van der Waals surface area contributed by atoms with E-state index in [4.69, 9.17) is 0 Å². The molecule has 1 aromatic rings. The fourth-order valence-corrected chi connectivity index (χ4v) is 3.10. The van der Waals surface area contributed by atoms with Crippen LogP contribution >= 0.6 is 0 Å². The van der Waals surface area contributed by atoms with E-state index in [0.717, 1.165) is 30.7 Å². The molecule has 1 saturated carbocycles. The van der Waals surface area contributed by atoms with Gasteiger partial charge in [-0.05, 0) is 25.2 Å². The van der Waals surface area contributed by atoms with Crippen LogP contribution in [0.25, 0.3) is 0 Å². The topological polar surface area (TPSA) is 101 Å². The first-order chi connectivity index (χ1) is 12.6. The number of nitrogens with zero attached hydrogens (tertiary/aromatic N) is 4. The molecule has 1 aliphatic carbocycles. The Labute approximate surface area is 159 Å². The van der Waals surface area contributed by atoms with E-state index in [-0.39, 0.29) is 29.2 Å². The third-order valence-corrected chi connectivity index (χ3v) is 4.66. The summed E-state index contributed by atoms with van der Waals surface area (Å²) >= 11 is 0. The molecule has 1 fully saturated rings. The minimum atomic E-state index is -0.320. The van der Waals surface area contributed by atoms with Gasteiger partial charge in [0.2, 0.25) is 0 Å².